The summed E-state index contributed by atoms with van der Waals surface area (Å²) in [6, 6.07) is 6.82. The van der Waals surface area contributed by atoms with E-state index in [2.05, 4.69) is 10.6 Å². The lowest BCUT2D eigenvalue weighted by molar-refractivity contribution is -0.139. The van der Waals surface area contributed by atoms with Gasteiger partial charge >= 0.3 is 12.0 Å². The van der Waals surface area contributed by atoms with Crippen LogP contribution in [0.1, 0.15) is 30.5 Å². The van der Waals surface area contributed by atoms with Gasteiger partial charge in [0.15, 0.2) is 0 Å². The lowest BCUT2D eigenvalue weighted by Crippen LogP contribution is -2.45. The summed E-state index contributed by atoms with van der Waals surface area (Å²) in [4.78, 5) is 24.1. The third-order valence-corrected chi connectivity index (χ3v) is 3.68. The van der Waals surface area contributed by atoms with Crippen molar-refractivity contribution < 1.29 is 14.3 Å². The molecule has 0 fully saturated rings. The molecule has 0 aliphatic carbocycles. The molecule has 0 spiro atoms. The van der Waals surface area contributed by atoms with Crippen molar-refractivity contribution in [3.05, 3.63) is 46.7 Å². The first-order valence-corrected chi connectivity index (χ1v) is 7.64. The smallest absolute Gasteiger partial charge is 0.338 e. The second-order valence-electron chi connectivity index (χ2n) is 5.16. The minimum atomic E-state index is -0.516. The number of hydrogen-bond acceptors (Lipinski definition) is 3. The molecule has 5 nitrogen and oxygen atoms in total. The summed E-state index contributed by atoms with van der Waals surface area (Å²) in [5, 5.41) is 5.38. The van der Waals surface area contributed by atoms with Crippen molar-refractivity contribution >= 4 is 23.6 Å². The minimum Gasteiger partial charge on any atom is -0.462 e. The number of nitrogens with one attached hydrogen (secondary N) is 2. The van der Waals surface area contributed by atoms with Gasteiger partial charge < -0.3 is 15.4 Å². The summed E-state index contributed by atoms with van der Waals surface area (Å²) < 4.78 is 5.23. The quantitative estimate of drug-likeness (QED) is 0.497. The van der Waals surface area contributed by atoms with Gasteiger partial charge in [-0.2, -0.15) is 0 Å². The zero-order chi connectivity index (χ0) is 16.1. The number of carbonyl (C=O) groups is 2. The molecule has 1 aromatic carbocycles. The Bertz CT molecular complexity index is 596. The molecule has 0 radical (unpaired) electrons. The topological polar surface area (TPSA) is 67.4 Å². The molecule has 6 heteroatoms. The Morgan fingerprint density at radius 2 is 1.95 bits per heavy atom. The molecule has 0 aromatic heterocycles. The van der Waals surface area contributed by atoms with E-state index in [0.29, 0.717) is 23.6 Å². The van der Waals surface area contributed by atoms with E-state index in [1.165, 1.54) is 0 Å². The number of carbonyl (C=O) groups excluding carboxylic acids is 2. The van der Waals surface area contributed by atoms with Gasteiger partial charge in [0, 0.05) is 11.6 Å². The van der Waals surface area contributed by atoms with Crippen LogP contribution in [0.15, 0.2) is 35.5 Å². The summed E-state index contributed by atoms with van der Waals surface area (Å²) in [7, 11) is 0. The zero-order valence-corrected chi connectivity index (χ0v) is 13.4. The van der Waals surface area contributed by atoms with Crippen LogP contribution < -0.4 is 10.6 Å². The molecule has 0 bridgehead atoms. The Balaban J connectivity index is 2.28. The molecular weight excluding hydrogens is 304 g/mol. The zero-order valence-electron chi connectivity index (χ0n) is 12.6. The number of benzene rings is 1. The van der Waals surface area contributed by atoms with Crippen LogP contribution in [0.5, 0.6) is 0 Å². The standard InChI is InChI=1S/C16H19ClN2O3/c1-10-4-6-12(7-5-10)14-13(11(2)18-16(21)19-14)15(20)22-9-3-8-17/h4-7,14H,3,8-9H2,1-2H3,(H2,18,19,21). The molecule has 118 valence electrons. The Morgan fingerprint density at radius 1 is 1.27 bits per heavy atom. The number of esters is 1. The predicted octanol–water partition coefficient (Wildman–Crippen LogP) is 2.80. The molecule has 1 aliphatic heterocycles. The van der Waals surface area contributed by atoms with Crippen molar-refractivity contribution in [1.82, 2.24) is 10.6 Å². The molecular formula is C16H19ClN2O3. The highest BCUT2D eigenvalue weighted by Gasteiger charge is 2.32. The molecule has 1 atom stereocenters. The Hall–Kier alpha value is -2.01. The lowest BCUT2D eigenvalue weighted by Gasteiger charge is -2.28. The number of amides is 2. The molecule has 2 N–H and O–H groups in total. The SMILES string of the molecule is CC1=C(C(=O)OCCCCl)C(c2ccc(C)cc2)NC(=O)N1. The maximum Gasteiger partial charge on any atom is 0.338 e. The lowest BCUT2D eigenvalue weighted by atomic mass is 9.95. The van der Waals surface area contributed by atoms with E-state index in [1.54, 1.807) is 6.92 Å². The van der Waals surface area contributed by atoms with Gasteiger partial charge in [0.05, 0.1) is 18.2 Å². The molecule has 0 saturated heterocycles. The fourth-order valence-electron chi connectivity index (χ4n) is 2.27. The normalized spacial score (nSPS) is 17.8. The summed E-state index contributed by atoms with van der Waals surface area (Å²) in [5.41, 5.74) is 2.86. The van der Waals surface area contributed by atoms with Crippen molar-refractivity contribution in [2.45, 2.75) is 26.3 Å². The van der Waals surface area contributed by atoms with E-state index in [9.17, 15) is 9.59 Å². The third-order valence-electron chi connectivity index (χ3n) is 3.41. The second kappa shape index (κ2) is 7.31. The van der Waals surface area contributed by atoms with Crippen LogP contribution in [0.3, 0.4) is 0 Å². The molecule has 2 amide bonds. The second-order valence-corrected chi connectivity index (χ2v) is 5.54. The first kappa shape index (κ1) is 16.4. The number of hydrogen-bond donors (Lipinski definition) is 2. The predicted molar refractivity (Wildman–Crippen MR) is 84.6 cm³/mol. The van der Waals surface area contributed by atoms with Crippen LogP contribution in [0.25, 0.3) is 0 Å². The third kappa shape index (κ3) is 3.80. The average Bonchev–Trinajstić information content (AvgIpc) is 2.47. The van der Waals surface area contributed by atoms with Crippen molar-refractivity contribution in [3.63, 3.8) is 0 Å². The van der Waals surface area contributed by atoms with Gasteiger partial charge in [0.1, 0.15) is 0 Å². The summed E-state index contributed by atoms with van der Waals surface area (Å²) in [6.45, 7) is 3.93. The molecule has 1 aliphatic rings. The van der Waals surface area contributed by atoms with Crippen LogP contribution in [0, 0.1) is 6.92 Å². The number of urea groups is 1. The first-order valence-electron chi connectivity index (χ1n) is 7.11. The van der Waals surface area contributed by atoms with Crippen molar-refractivity contribution in [2.24, 2.45) is 0 Å². The maximum atomic E-state index is 12.3. The van der Waals surface area contributed by atoms with Crippen LogP contribution >= 0.6 is 11.6 Å². The van der Waals surface area contributed by atoms with E-state index < -0.39 is 12.0 Å². The molecule has 1 heterocycles. The minimum absolute atomic E-state index is 0.258. The van der Waals surface area contributed by atoms with Crippen molar-refractivity contribution in [3.8, 4) is 0 Å². The van der Waals surface area contributed by atoms with E-state index >= 15 is 0 Å². The highest BCUT2D eigenvalue weighted by molar-refractivity contribution is 6.17. The fourth-order valence-corrected chi connectivity index (χ4v) is 2.38. The summed E-state index contributed by atoms with van der Waals surface area (Å²) in [5.74, 6) is -0.0116. The number of halogens is 1. The van der Waals surface area contributed by atoms with Gasteiger partial charge in [-0.15, -0.1) is 11.6 Å². The van der Waals surface area contributed by atoms with Gasteiger partial charge in [-0.3, -0.25) is 0 Å². The van der Waals surface area contributed by atoms with Gasteiger partial charge in [-0.05, 0) is 25.8 Å². The van der Waals surface area contributed by atoms with Crippen LogP contribution in [0.4, 0.5) is 4.79 Å². The van der Waals surface area contributed by atoms with Crippen LogP contribution in [-0.4, -0.2) is 24.5 Å². The number of aryl methyl sites for hydroxylation is 1. The molecule has 0 saturated carbocycles. The van der Waals surface area contributed by atoms with E-state index in [-0.39, 0.29) is 12.6 Å². The Labute approximate surface area is 134 Å². The highest BCUT2D eigenvalue weighted by atomic mass is 35.5. The molecule has 1 aromatic rings. The Kier molecular flexibility index (Phi) is 5.44. The van der Waals surface area contributed by atoms with Crippen molar-refractivity contribution in [2.75, 3.05) is 12.5 Å². The monoisotopic (exact) mass is 322 g/mol. The van der Waals surface area contributed by atoms with E-state index in [1.807, 2.05) is 31.2 Å². The van der Waals surface area contributed by atoms with Crippen LogP contribution in [0.2, 0.25) is 0 Å². The van der Waals surface area contributed by atoms with Crippen molar-refractivity contribution in [1.29, 1.82) is 0 Å². The molecule has 22 heavy (non-hydrogen) atoms. The first-order chi connectivity index (χ1) is 10.5. The number of alkyl halides is 1. The highest BCUT2D eigenvalue weighted by Crippen LogP contribution is 2.27. The average molecular weight is 323 g/mol. The maximum absolute atomic E-state index is 12.3. The number of ether oxygens (including phenoxy) is 1. The molecule has 2 rings (SSSR count). The molecule has 1 unspecified atom stereocenters. The van der Waals surface area contributed by atoms with Gasteiger partial charge in [0.25, 0.3) is 0 Å². The number of rotatable bonds is 5. The number of allylic oxidation sites excluding steroid dienone is 1. The fraction of sp³-hybridized carbons (Fsp3) is 0.375. The van der Waals surface area contributed by atoms with E-state index in [0.717, 1.165) is 11.1 Å². The largest absolute Gasteiger partial charge is 0.462 e. The summed E-state index contributed by atoms with van der Waals surface area (Å²) >= 11 is 5.59. The van der Waals surface area contributed by atoms with E-state index in [4.69, 9.17) is 16.3 Å². The Morgan fingerprint density at radius 3 is 2.59 bits per heavy atom. The van der Waals surface area contributed by atoms with Gasteiger partial charge in [-0.25, -0.2) is 9.59 Å². The van der Waals surface area contributed by atoms with Crippen LogP contribution in [-0.2, 0) is 9.53 Å². The van der Waals surface area contributed by atoms with Gasteiger partial charge in [0.2, 0.25) is 0 Å². The van der Waals surface area contributed by atoms with Gasteiger partial charge in [-0.1, -0.05) is 29.8 Å². The summed E-state index contributed by atoms with van der Waals surface area (Å²) in [6.07, 6.45) is 0.592.